The Bertz CT molecular complexity index is 656. The van der Waals surface area contributed by atoms with Gasteiger partial charge in [-0.15, -0.1) is 0 Å². The van der Waals surface area contributed by atoms with E-state index in [0.29, 0.717) is 27.5 Å². The van der Waals surface area contributed by atoms with Gasteiger partial charge in [0.15, 0.2) is 11.5 Å². The molecule has 1 aromatic carbocycles. The molecule has 6 heteroatoms. The smallest absolute Gasteiger partial charge is 0.255 e. The Hall–Kier alpha value is -1.95. The quantitative estimate of drug-likeness (QED) is 0.803. The van der Waals surface area contributed by atoms with Gasteiger partial charge in [-0.2, -0.15) is 0 Å². The molecule has 0 amide bonds. The lowest BCUT2D eigenvalue weighted by Crippen LogP contribution is -2.17. The number of rotatable bonds is 4. The number of hydrogen-bond acceptors (Lipinski definition) is 4. The van der Waals surface area contributed by atoms with Gasteiger partial charge >= 0.3 is 0 Å². The molecule has 2 rings (SSSR count). The third-order valence-corrected chi connectivity index (χ3v) is 3.43. The summed E-state index contributed by atoms with van der Waals surface area (Å²) in [6.07, 6.45) is 0. The Morgan fingerprint density at radius 2 is 1.60 bits per heavy atom. The molecule has 0 aliphatic heterocycles. The highest BCUT2D eigenvalue weighted by Crippen LogP contribution is 2.39. The van der Waals surface area contributed by atoms with Crippen LogP contribution in [0.25, 0.3) is 5.69 Å². The largest absolute Gasteiger partial charge is 0.493 e. The number of nitrogens with zero attached hydrogens (tertiary/aromatic N) is 1. The average molecular weight is 340 g/mol. The topological polar surface area (TPSA) is 49.7 Å². The lowest BCUT2D eigenvalue weighted by atomic mass is 10.2. The third-order valence-electron chi connectivity index (χ3n) is 2.81. The van der Waals surface area contributed by atoms with E-state index in [1.54, 1.807) is 24.3 Å². The normalized spacial score (nSPS) is 10.2. The van der Waals surface area contributed by atoms with Crippen LogP contribution in [-0.4, -0.2) is 25.9 Å². The fraction of sp³-hybridized carbons (Fsp3) is 0.214. The Kier molecular flexibility index (Phi) is 4.34. The van der Waals surface area contributed by atoms with Gasteiger partial charge in [-0.05, 0) is 22.0 Å². The Balaban J connectivity index is 2.73. The maximum Gasteiger partial charge on any atom is 0.255 e. The monoisotopic (exact) mass is 339 g/mol. The first-order valence-corrected chi connectivity index (χ1v) is 6.59. The minimum Gasteiger partial charge on any atom is -0.493 e. The SMILES string of the molecule is COc1cc(-n2c(Br)cccc2=O)cc(OC)c1OC. The van der Waals surface area contributed by atoms with Crippen LogP contribution in [0.3, 0.4) is 0 Å². The average Bonchev–Trinajstić information content (AvgIpc) is 2.45. The van der Waals surface area contributed by atoms with Crippen LogP contribution in [0.4, 0.5) is 0 Å². The summed E-state index contributed by atoms with van der Waals surface area (Å²) in [5, 5.41) is 0. The van der Waals surface area contributed by atoms with Crippen molar-refractivity contribution in [2.45, 2.75) is 0 Å². The highest BCUT2D eigenvalue weighted by Gasteiger charge is 2.15. The molecule has 20 heavy (non-hydrogen) atoms. The predicted octanol–water partition coefficient (Wildman–Crippen LogP) is 2.63. The highest BCUT2D eigenvalue weighted by atomic mass is 79.9. The van der Waals surface area contributed by atoms with Gasteiger partial charge in [0.25, 0.3) is 5.56 Å². The van der Waals surface area contributed by atoms with Crippen LogP contribution in [0.2, 0.25) is 0 Å². The number of hydrogen-bond donors (Lipinski definition) is 0. The van der Waals surface area contributed by atoms with E-state index in [1.807, 2.05) is 0 Å². The van der Waals surface area contributed by atoms with E-state index >= 15 is 0 Å². The van der Waals surface area contributed by atoms with Gasteiger partial charge in [-0.1, -0.05) is 6.07 Å². The predicted molar refractivity (Wildman–Crippen MR) is 79.4 cm³/mol. The summed E-state index contributed by atoms with van der Waals surface area (Å²) < 4.78 is 18.0. The maximum atomic E-state index is 12.0. The lowest BCUT2D eigenvalue weighted by Gasteiger charge is -2.15. The number of halogens is 1. The molecule has 0 saturated heterocycles. The van der Waals surface area contributed by atoms with Crippen molar-refractivity contribution < 1.29 is 14.2 Å². The van der Waals surface area contributed by atoms with Crippen molar-refractivity contribution in [3.63, 3.8) is 0 Å². The molecule has 0 aliphatic carbocycles. The molecule has 0 bridgehead atoms. The summed E-state index contributed by atoms with van der Waals surface area (Å²) in [6.45, 7) is 0. The van der Waals surface area contributed by atoms with E-state index in [4.69, 9.17) is 14.2 Å². The van der Waals surface area contributed by atoms with Crippen LogP contribution in [0, 0.1) is 0 Å². The van der Waals surface area contributed by atoms with Gasteiger partial charge < -0.3 is 14.2 Å². The second-order valence-electron chi connectivity index (χ2n) is 3.91. The Morgan fingerprint density at radius 1 is 1.00 bits per heavy atom. The summed E-state index contributed by atoms with van der Waals surface area (Å²) in [4.78, 5) is 12.0. The molecule has 0 fully saturated rings. The van der Waals surface area contributed by atoms with E-state index < -0.39 is 0 Å². The van der Waals surface area contributed by atoms with Crippen LogP contribution in [0.5, 0.6) is 17.2 Å². The molecule has 1 heterocycles. The van der Waals surface area contributed by atoms with Crippen LogP contribution in [-0.2, 0) is 0 Å². The minimum atomic E-state index is -0.159. The van der Waals surface area contributed by atoms with Crippen molar-refractivity contribution in [1.29, 1.82) is 0 Å². The van der Waals surface area contributed by atoms with Crippen LogP contribution in [0.15, 0.2) is 39.7 Å². The molecule has 106 valence electrons. The fourth-order valence-electron chi connectivity index (χ4n) is 1.91. The first kappa shape index (κ1) is 14.5. The van der Waals surface area contributed by atoms with Crippen molar-refractivity contribution in [3.8, 4) is 22.9 Å². The van der Waals surface area contributed by atoms with Crippen molar-refractivity contribution in [2.24, 2.45) is 0 Å². The van der Waals surface area contributed by atoms with Gasteiger partial charge in [0.1, 0.15) is 0 Å². The molecule has 0 N–H and O–H groups in total. The Labute approximate surface area is 124 Å². The molecule has 0 unspecified atom stereocenters. The molecule has 0 aliphatic rings. The van der Waals surface area contributed by atoms with Crippen molar-refractivity contribution in [3.05, 3.63) is 45.3 Å². The van der Waals surface area contributed by atoms with Gasteiger partial charge in [0.05, 0.1) is 31.6 Å². The molecular formula is C14H14BrNO4. The van der Waals surface area contributed by atoms with E-state index in [1.165, 1.54) is 32.0 Å². The first-order chi connectivity index (χ1) is 9.62. The van der Waals surface area contributed by atoms with Crippen LogP contribution < -0.4 is 19.8 Å². The van der Waals surface area contributed by atoms with E-state index in [2.05, 4.69) is 15.9 Å². The second-order valence-corrected chi connectivity index (χ2v) is 4.72. The summed E-state index contributed by atoms with van der Waals surface area (Å²) in [7, 11) is 4.60. The number of methoxy groups -OCH3 is 3. The molecule has 0 atom stereocenters. The number of pyridine rings is 1. The third kappa shape index (κ3) is 2.51. The highest BCUT2D eigenvalue weighted by molar-refractivity contribution is 9.10. The van der Waals surface area contributed by atoms with Crippen molar-refractivity contribution >= 4 is 15.9 Å². The summed E-state index contributed by atoms with van der Waals surface area (Å²) in [5.41, 5.74) is 0.464. The maximum absolute atomic E-state index is 12.0. The minimum absolute atomic E-state index is 0.159. The number of aromatic nitrogens is 1. The molecule has 0 radical (unpaired) electrons. The zero-order valence-electron chi connectivity index (χ0n) is 11.3. The first-order valence-electron chi connectivity index (χ1n) is 5.80. The zero-order valence-corrected chi connectivity index (χ0v) is 12.9. The van der Waals surface area contributed by atoms with Crippen molar-refractivity contribution in [2.75, 3.05) is 21.3 Å². The van der Waals surface area contributed by atoms with E-state index in [0.717, 1.165) is 0 Å². The summed E-state index contributed by atoms with van der Waals surface area (Å²) >= 11 is 3.36. The van der Waals surface area contributed by atoms with Gasteiger partial charge in [-0.3, -0.25) is 9.36 Å². The summed E-state index contributed by atoms with van der Waals surface area (Å²) in [5.74, 6) is 1.47. The molecule has 5 nitrogen and oxygen atoms in total. The molecule has 0 saturated carbocycles. The fourth-order valence-corrected chi connectivity index (χ4v) is 2.44. The van der Waals surface area contributed by atoms with Gasteiger partial charge in [0, 0.05) is 18.2 Å². The zero-order chi connectivity index (χ0) is 14.7. The Morgan fingerprint density at radius 3 is 2.05 bits per heavy atom. The molecular weight excluding hydrogens is 326 g/mol. The van der Waals surface area contributed by atoms with Crippen LogP contribution >= 0.6 is 15.9 Å². The van der Waals surface area contributed by atoms with Gasteiger partial charge in [-0.25, -0.2) is 0 Å². The lowest BCUT2D eigenvalue weighted by molar-refractivity contribution is 0.324. The van der Waals surface area contributed by atoms with E-state index in [9.17, 15) is 4.79 Å². The van der Waals surface area contributed by atoms with Crippen molar-refractivity contribution in [1.82, 2.24) is 4.57 Å². The standard InChI is InChI=1S/C14H14BrNO4/c1-18-10-7-9(8-11(19-2)14(10)20-3)16-12(15)5-4-6-13(16)17/h4-8H,1-3H3. The molecule has 2 aromatic rings. The van der Waals surface area contributed by atoms with Crippen LogP contribution in [0.1, 0.15) is 0 Å². The van der Waals surface area contributed by atoms with E-state index in [-0.39, 0.29) is 5.56 Å². The number of benzene rings is 1. The molecule has 0 spiro atoms. The number of ether oxygens (including phenoxy) is 3. The van der Waals surface area contributed by atoms with Gasteiger partial charge in [0.2, 0.25) is 5.75 Å². The molecule has 1 aromatic heterocycles. The summed E-state index contributed by atoms with van der Waals surface area (Å²) in [6, 6.07) is 8.38. The second kappa shape index (κ2) is 6.00.